The number of nitrogen functional groups attached to an aromatic ring is 1. The first kappa shape index (κ1) is 12.3. The van der Waals surface area contributed by atoms with Crippen LogP contribution in [-0.4, -0.2) is 25.7 Å². The lowest BCUT2D eigenvalue weighted by Gasteiger charge is -2.08. The molecule has 1 amide bonds. The number of hydrogen-bond acceptors (Lipinski definition) is 4. The number of nitrogens with one attached hydrogen (secondary N) is 1. The molecule has 0 unspecified atom stereocenters. The highest BCUT2D eigenvalue weighted by atomic mass is 16.5. The van der Waals surface area contributed by atoms with Crippen molar-refractivity contribution in [2.75, 3.05) is 30.8 Å². The molecule has 5 N–H and O–H groups in total. The quantitative estimate of drug-likeness (QED) is 0.492. The van der Waals surface area contributed by atoms with E-state index in [2.05, 4.69) is 5.32 Å². The highest BCUT2D eigenvalue weighted by molar-refractivity contribution is 5.98. The topological polar surface area (TPSA) is 90.4 Å². The van der Waals surface area contributed by atoms with Gasteiger partial charge in [-0.05, 0) is 25.1 Å². The molecular formula is C11H17N3O2. The molecule has 0 bridgehead atoms. The van der Waals surface area contributed by atoms with E-state index in [9.17, 15) is 4.79 Å². The molecule has 0 aromatic heterocycles. The van der Waals surface area contributed by atoms with Crippen LogP contribution < -0.4 is 16.8 Å². The highest BCUT2D eigenvalue weighted by Crippen LogP contribution is 2.16. The summed E-state index contributed by atoms with van der Waals surface area (Å²) in [5.74, 6) is -0.522. The highest BCUT2D eigenvalue weighted by Gasteiger charge is 2.06. The SMILES string of the molecule is CCOCCNc1ccc(N)c(C(N)=O)c1. The van der Waals surface area contributed by atoms with Gasteiger partial charge in [0.15, 0.2) is 0 Å². The van der Waals surface area contributed by atoms with Crippen molar-refractivity contribution in [3.8, 4) is 0 Å². The van der Waals surface area contributed by atoms with Gasteiger partial charge in [-0.2, -0.15) is 0 Å². The van der Waals surface area contributed by atoms with Crippen molar-refractivity contribution in [2.24, 2.45) is 5.73 Å². The van der Waals surface area contributed by atoms with E-state index in [1.54, 1.807) is 18.2 Å². The number of benzene rings is 1. The van der Waals surface area contributed by atoms with Crippen LogP contribution in [0.25, 0.3) is 0 Å². The lowest BCUT2D eigenvalue weighted by atomic mass is 10.1. The molecule has 1 aromatic carbocycles. The van der Waals surface area contributed by atoms with Crippen molar-refractivity contribution in [3.05, 3.63) is 23.8 Å². The zero-order chi connectivity index (χ0) is 12.0. The van der Waals surface area contributed by atoms with E-state index >= 15 is 0 Å². The third-order valence-corrected chi connectivity index (χ3v) is 2.10. The molecule has 0 aliphatic carbocycles. The van der Waals surface area contributed by atoms with E-state index in [4.69, 9.17) is 16.2 Å². The van der Waals surface area contributed by atoms with Crippen LogP contribution in [0, 0.1) is 0 Å². The molecule has 16 heavy (non-hydrogen) atoms. The Balaban J connectivity index is 2.61. The van der Waals surface area contributed by atoms with Gasteiger partial charge in [0.25, 0.3) is 5.91 Å². The maximum atomic E-state index is 11.0. The monoisotopic (exact) mass is 223 g/mol. The van der Waals surface area contributed by atoms with Gasteiger partial charge in [0.1, 0.15) is 0 Å². The molecule has 5 heteroatoms. The summed E-state index contributed by atoms with van der Waals surface area (Å²) < 4.78 is 5.18. The van der Waals surface area contributed by atoms with Crippen LogP contribution in [0.1, 0.15) is 17.3 Å². The lowest BCUT2D eigenvalue weighted by molar-refractivity contribution is 0.100. The molecule has 0 saturated heterocycles. The summed E-state index contributed by atoms with van der Waals surface area (Å²) in [4.78, 5) is 11.0. The minimum atomic E-state index is -0.522. The molecule has 5 nitrogen and oxygen atoms in total. The Labute approximate surface area is 94.8 Å². The summed E-state index contributed by atoms with van der Waals surface area (Å²) >= 11 is 0. The number of amides is 1. The van der Waals surface area contributed by atoms with Gasteiger partial charge in [-0.15, -0.1) is 0 Å². The number of hydrogen-bond donors (Lipinski definition) is 3. The molecule has 0 atom stereocenters. The van der Waals surface area contributed by atoms with Crippen LogP contribution >= 0.6 is 0 Å². The first-order valence-electron chi connectivity index (χ1n) is 5.16. The molecule has 1 aromatic rings. The van der Waals surface area contributed by atoms with Crippen molar-refractivity contribution < 1.29 is 9.53 Å². The number of ether oxygens (including phenoxy) is 1. The van der Waals surface area contributed by atoms with Crippen molar-refractivity contribution in [3.63, 3.8) is 0 Å². The summed E-state index contributed by atoms with van der Waals surface area (Å²) in [5, 5.41) is 3.11. The minimum absolute atomic E-state index is 0.335. The van der Waals surface area contributed by atoms with Crippen molar-refractivity contribution in [1.82, 2.24) is 0 Å². The van der Waals surface area contributed by atoms with E-state index in [-0.39, 0.29) is 0 Å². The zero-order valence-electron chi connectivity index (χ0n) is 9.32. The van der Waals surface area contributed by atoms with Crippen LogP contribution in [0.3, 0.4) is 0 Å². The Morgan fingerprint density at radius 2 is 2.25 bits per heavy atom. The van der Waals surface area contributed by atoms with E-state index in [1.807, 2.05) is 6.92 Å². The van der Waals surface area contributed by atoms with Gasteiger partial charge in [0, 0.05) is 24.5 Å². The normalized spacial score (nSPS) is 10.1. The third-order valence-electron chi connectivity index (χ3n) is 2.10. The Hall–Kier alpha value is -1.75. The first-order valence-corrected chi connectivity index (χ1v) is 5.16. The van der Waals surface area contributed by atoms with E-state index in [0.717, 1.165) is 5.69 Å². The van der Waals surface area contributed by atoms with Crippen molar-refractivity contribution in [2.45, 2.75) is 6.92 Å². The molecule has 0 aliphatic rings. The van der Waals surface area contributed by atoms with E-state index < -0.39 is 5.91 Å². The summed E-state index contributed by atoms with van der Waals surface area (Å²) in [6.07, 6.45) is 0. The Morgan fingerprint density at radius 3 is 2.88 bits per heavy atom. The first-order chi connectivity index (χ1) is 7.65. The second-order valence-electron chi connectivity index (χ2n) is 3.29. The number of anilines is 2. The van der Waals surface area contributed by atoms with Gasteiger partial charge in [0.2, 0.25) is 0 Å². The largest absolute Gasteiger partial charge is 0.398 e. The second-order valence-corrected chi connectivity index (χ2v) is 3.29. The maximum Gasteiger partial charge on any atom is 0.250 e. The number of nitrogens with two attached hydrogens (primary N) is 2. The number of carbonyl (C=O) groups excluding carboxylic acids is 1. The summed E-state index contributed by atoms with van der Waals surface area (Å²) in [6.45, 7) is 3.92. The fourth-order valence-corrected chi connectivity index (χ4v) is 1.29. The Morgan fingerprint density at radius 1 is 1.50 bits per heavy atom. The van der Waals surface area contributed by atoms with Gasteiger partial charge >= 0.3 is 0 Å². The Kier molecular flexibility index (Phi) is 4.60. The second kappa shape index (κ2) is 5.97. The van der Waals surface area contributed by atoms with Gasteiger partial charge in [-0.25, -0.2) is 0 Å². The average molecular weight is 223 g/mol. The van der Waals surface area contributed by atoms with Crippen LogP contribution in [0.2, 0.25) is 0 Å². The molecular weight excluding hydrogens is 206 g/mol. The molecule has 0 spiro atoms. The number of carbonyl (C=O) groups is 1. The predicted molar refractivity (Wildman–Crippen MR) is 64.4 cm³/mol. The van der Waals surface area contributed by atoms with Crippen LogP contribution in [0.5, 0.6) is 0 Å². The lowest BCUT2D eigenvalue weighted by Crippen LogP contribution is -2.15. The van der Waals surface area contributed by atoms with Crippen molar-refractivity contribution >= 4 is 17.3 Å². The summed E-state index contributed by atoms with van der Waals surface area (Å²) in [7, 11) is 0. The standard InChI is InChI=1S/C11H17N3O2/c1-2-16-6-5-14-8-3-4-10(12)9(7-8)11(13)15/h3-4,7,14H,2,5-6,12H2,1H3,(H2,13,15). The zero-order valence-corrected chi connectivity index (χ0v) is 9.32. The van der Waals surface area contributed by atoms with Crippen molar-refractivity contribution in [1.29, 1.82) is 0 Å². The van der Waals surface area contributed by atoms with Gasteiger partial charge < -0.3 is 21.5 Å². The molecule has 0 fully saturated rings. The van der Waals surface area contributed by atoms with Gasteiger partial charge in [0.05, 0.1) is 12.2 Å². The van der Waals surface area contributed by atoms with Gasteiger partial charge in [-0.3, -0.25) is 4.79 Å². The summed E-state index contributed by atoms with van der Waals surface area (Å²) in [6, 6.07) is 5.10. The molecule has 1 rings (SSSR count). The predicted octanol–water partition coefficient (Wildman–Crippen LogP) is 0.816. The fourth-order valence-electron chi connectivity index (χ4n) is 1.29. The molecule has 88 valence electrons. The van der Waals surface area contributed by atoms with Crippen LogP contribution in [0.4, 0.5) is 11.4 Å². The smallest absolute Gasteiger partial charge is 0.250 e. The molecule has 0 heterocycles. The van der Waals surface area contributed by atoms with E-state index in [0.29, 0.717) is 31.0 Å². The van der Waals surface area contributed by atoms with Crippen LogP contribution in [-0.2, 0) is 4.74 Å². The molecule has 0 aliphatic heterocycles. The molecule has 0 radical (unpaired) electrons. The number of primary amides is 1. The average Bonchev–Trinajstić information content (AvgIpc) is 2.26. The van der Waals surface area contributed by atoms with Crippen LogP contribution in [0.15, 0.2) is 18.2 Å². The fraction of sp³-hybridized carbons (Fsp3) is 0.364. The van der Waals surface area contributed by atoms with E-state index in [1.165, 1.54) is 0 Å². The minimum Gasteiger partial charge on any atom is -0.398 e. The van der Waals surface area contributed by atoms with Gasteiger partial charge in [-0.1, -0.05) is 0 Å². The third kappa shape index (κ3) is 3.43. The Bertz CT molecular complexity index is 366. The summed E-state index contributed by atoms with van der Waals surface area (Å²) in [5.41, 5.74) is 12.3. The molecule has 0 saturated carbocycles. The number of rotatable bonds is 6. The maximum absolute atomic E-state index is 11.0.